The third-order valence-electron chi connectivity index (χ3n) is 4.24. The number of fused-ring (bicyclic) bond motifs is 1. The number of benzene rings is 1. The summed E-state index contributed by atoms with van der Waals surface area (Å²) in [5, 5.41) is 5.48. The van der Waals surface area contributed by atoms with Gasteiger partial charge in [-0.2, -0.15) is 0 Å². The number of amides is 2. The van der Waals surface area contributed by atoms with E-state index in [1.165, 1.54) is 11.3 Å². The van der Waals surface area contributed by atoms with Gasteiger partial charge in [0.2, 0.25) is 5.91 Å². The van der Waals surface area contributed by atoms with Crippen LogP contribution in [0.5, 0.6) is 0 Å². The Labute approximate surface area is 155 Å². The van der Waals surface area contributed by atoms with Crippen LogP contribution in [0.15, 0.2) is 34.5 Å². The Morgan fingerprint density at radius 3 is 2.84 bits per heavy atom. The number of thioether (sulfide) groups is 1. The first kappa shape index (κ1) is 17.9. The number of hydrogen-bond donors (Lipinski definition) is 1. The fourth-order valence-corrected chi connectivity index (χ4v) is 4.10. The minimum absolute atomic E-state index is 0.0679. The second-order valence-electron chi connectivity index (χ2n) is 6.37. The number of carbonyl (C=O) groups is 2. The largest absolute Gasteiger partial charge is 0.348 e. The van der Waals surface area contributed by atoms with Gasteiger partial charge in [-0.05, 0) is 25.0 Å². The lowest BCUT2D eigenvalue weighted by molar-refractivity contribution is -0.116. The molecule has 2 amide bonds. The van der Waals surface area contributed by atoms with E-state index in [-0.39, 0.29) is 17.9 Å². The summed E-state index contributed by atoms with van der Waals surface area (Å²) in [7, 11) is 0. The Balaban J connectivity index is 1.73. The number of nitrogens with one attached hydrogen (secondary N) is 1. The molecule has 0 aliphatic carbocycles. The summed E-state index contributed by atoms with van der Waals surface area (Å²) in [6, 6.07) is 7.96. The van der Waals surface area contributed by atoms with Gasteiger partial charge >= 0.3 is 0 Å². The number of rotatable bonds is 5. The van der Waals surface area contributed by atoms with Gasteiger partial charge in [-0.1, -0.05) is 26.0 Å². The summed E-state index contributed by atoms with van der Waals surface area (Å²) < 4.78 is 0. The van der Waals surface area contributed by atoms with E-state index in [2.05, 4.69) is 24.1 Å². The minimum atomic E-state index is -0.162. The van der Waals surface area contributed by atoms with Gasteiger partial charge in [-0.3, -0.25) is 9.59 Å². The third kappa shape index (κ3) is 4.04. The lowest BCUT2D eigenvalue weighted by Gasteiger charge is -2.28. The van der Waals surface area contributed by atoms with Crippen LogP contribution in [0.25, 0.3) is 0 Å². The standard InChI is InChI=1S/C18H21N3O2S2/c1-11(2)12(3)19-18(23)13-9-25-16(20-13)8-21-14-6-4-5-7-15(14)24-10-17(21)22/h4-7,9,11-12H,8,10H2,1-3H3,(H,19,23)/t12-/m1/s1. The summed E-state index contributed by atoms with van der Waals surface area (Å²) in [4.78, 5) is 31.9. The van der Waals surface area contributed by atoms with Crippen LogP contribution in [-0.4, -0.2) is 28.6 Å². The van der Waals surface area contributed by atoms with Gasteiger partial charge in [0.15, 0.2) is 0 Å². The monoisotopic (exact) mass is 375 g/mol. The van der Waals surface area contributed by atoms with Gasteiger partial charge in [-0.15, -0.1) is 23.1 Å². The zero-order valence-electron chi connectivity index (χ0n) is 14.5. The summed E-state index contributed by atoms with van der Waals surface area (Å²) >= 11 is 2.97. The fourth-order valence-electron chi connectivity index (χ4n) is 2.40. The molecule has 7 heteroatoms. The van der Waals surface area contributed by atoms with Crippen LogP contribution in [0.1, 0.15) is 36.3 Å². The predicted molar refractivity (Wildman–Crippen MR) is 102 cm³/mol. The molecule has 0 bridgehead atoms. The maximum atomic E-state index is 12.3. The second-order valence-corrected chi connectivity index (χ2v) is 8.33. The Morgan fingerprint density at radius 1 is 1.32 bits per heavy atom. The van der Waals surface area contributed by atoms with Crippen molar-refractivity contribution >= 4 is 40.6 Å². The van der Waals surface area contributed by atoms with E-state index in [4.69, 9.17) is 0 Å². The van der Waals surface area contributed by atoms with Gasteiger partial charge in [0.25, 0.3) is 5.91 Å². The van der Waals surface area contributed by atoms with Crippen molar-refractivity contribution in [2.24, 2.45) is 5.92 Å². The number of hydrogen-bond acceptors (Lipinski definition) is 5. The number of carbonyl (C=O) groups excluding carboxylic acids is 2. The van der Waals surface area contributed by atoms with Gasteiger partial charge in [0.1, 0.15) is 10.7 Å². The van der Waals surface area contributed by atoms with Crippen molar-refractivity contribution in [3.8, 4) is 0 Å². The predicted octanol–water partition coefficient (Wildman–Crippen LogP) is 3.56. The summed E-state index contributed by atoms with van der Waals surface area (Å²) in [5.41, 5.74) is 1.33. The second kappa shape index (κ2) is 7.58. The average molecular weight is 376 g/mol. The maximum absolute atomic E-state index is 12.3. The van der Waals surface area contributed by atoms with E-state index in [1.807, 2.05) is 31.2 Å². The van der Waals surface area contributed by atoms with E-state index < -0.39 is 0 Å². The Morgan fingerprint density at radius 2 is 2.08 bits per heavy atom. The van der Waals surface area contributed by atoms with Crippen molar-refractivity contribution in [1.82, 2.24) is 10.3 Å². The van der Waals surface area contributed by atoms with Crippen molar-refractivity contribution < 1.29 is 9.59 Å². The van der Waals surface area contributed by atoms with E-state index in [9.17, 15) is 9.59 Å². The highest BCUT2D eigenvalue weighted by atomic mass is 32.2. The molecule has 3 rings (SSSR count). The first-order valence-electron chi connectivity index (χ1n) is 8.23. The SMILES string of the molecule is CC(C)[C@@H](C)NC(=O)c1csc(CN2C(=O)CSc3ccccc32)n1. The Hall–Kier alpha value is -1.86. The van der Waals surface area contributed by atoms with E-state index in [1.54, 1.807) is 22.0 Å². The number of aromatic nitrogens is 1. The summed E-state index contributed by atoms with van der Waals surface area (Å²) in [6.07, 6.45) is 0. The molecule has 0 saturated heterocycles. The first-order chi connectivity index (χ1) is 12.0. The maximum Gasteiger partial charge on any atom is 0.270 e. The highest BCUT2D eigenvalue weighted by molar-refractivity contribution is 8.00. The van der Waals surface area contributed by atoms with Gasteiger partial charge in [0, 0.05) is 16.3 Å². The topological polar surface area (TPSA) is 62.3 Å². The first-order valence-corrected chi connectivity index (χ1v) is 10.1. The molecule has 1 aliphatic heterocycles. The van der Waals surface area contributed by atoms with Crippen LogP contribution in [-0.2, 0) is 11.3 Å². The molecule has 0 fully saturated rings. The zero-order chi connectivity index (χ0) is 18.0. The molecular formula is C18H21N3O2S2. The molecule has 132 valence electrons. The molecule has 0 spiro atoms. The molecule has 2 aromatic rings. The minimum Gasteiger partial charge on any atom is -0.348 e. The molecule has 1 aromatic carbocycles. The number of thiazole rings is 1. The number of anilines is 1. The molecule has 0 unspecified atom stereocenters. The average Bonchev–Trinajstić information content (AvgIpc) is 3.06. The third-order valence-corrected chi connectivity index (χ3v) is 6.13. The van der Waals surface area contributed by atoms with Crippen LogP contribution in [0.4, 0.5) is 5.69 Å². The number of para-hydroxylation sites is 1. The summed E-state index contributed by atoms with van der Waals surface area (Å²) in [5.74, 6) is 0.701. The normalized spacial score (nSPS) is 15.2. The highest BCUT2D eigenvalue weighted by Crippen LogP contribution is 2.35. The Bertz CT molecular complexity index is 788. The lowest BCUT2D eigenvalue weighted by Crippen LogP contribution is -2.36. The molecule has 0 saturated carbocycles. The van der Waals surface area contributed by atoms with Crippen molar-refractivity contribution in [2.75, 3.05) is 10.7 Å². The molecular weight excluding hydrogens is 354 g/mol. The number of nitrogens with zero attached hydrogens (tertiary/aromatic N) is 2. The molecule has 25 heavy (non-hydrogen) atoms. The van der Waals surface area contributed by atoms with E-state index >= 15 is 0 Å². The molecule has 1 aliphatic rings. The van der Waals surface area contributed by atoms with Crippen molar-refractivity contribution in [1.29, 1.82) is 0 Å². The van der Waals surface area contributed by atoms with Crippen LogP contribution < -0.4 is 10.2 Å². The Kier molecular flexibility index (Phi) is 5.44. The smallest absolute Gasteiger partial charge is 0.270 e. The lowest BCUT2D eigenvalue weighted by atomic mass is 10.1. The molecule has 2 heterocycles. The van der Waals surface area contributed by atoms with Crippen LogP contribution in [0.3, 0.4) is 0 Å². The van der Waals surface area contributed by atoms with Crippen molar-refractivity contribution in [3.63, 3.8) is 0 Å². The molecule has 1 aromatic heterocycles. The fraction of sp³-hybridized carbons (Fsp3) is 0.389. The van der Waals surface area contributed by atoms with Crippen LogP contribution >= 0.6 is 23.1 Å². The van der Waals surface area contributed by atoms with Crippen molar-refractivity contribution in [2.45, 2.75) is 38.3 Å². The van der Waals surface area contributed by atoms with Crippen LogP contribution in [0, 0.1) is 5.92 Å². The summed E-state index contributed by atoms with van der Waals surface area (Å²) in [6.45, 7) is 6.51. The van der Waals surface area contributed by atoms with Crippen molar-refractivity contribution in [3.05, 3.63) is 40.3 Å². The zero-order valence-corrected chi connectivity index (χ0v) is 16.1. The molecule has 5 nitrogen and oxygen atoms in total. The van der Waals surface area contributed by atoms with Gasteiger partial charge in [-0.25, -0.2) is 4.98 Å². The molecule has 1 N–H and O–H groups in total. The van der Waals surface area contributed by atoms with E-state index in [0.717, 1.165) is 15.6 Å². The van der Waals surface area contributed by atoms with E-state index in [0.29, 0.717) is 23.9 Å². The van der Waals surface area contributed by atoms with Gasteiger partial charge < -0.3 is 10.2 Å². The quantitative estimate of drug-likeness (QED) is 0.868. The molecule has 1 atom stereocenters. The van der Waals surface area contributed by atoms with Crippen LogP contribution in [0.2, 0.25) is 0 Å². The molecule has 0 radical (unpaired) electrons. The van der Waals surface area contributed by atoms with Gasteiger partial charge in [0.05, 0.1) is 18.0 Å². The highest BCUT2D eigenvalue weighted by Gasteiger charge is 2.25.